The first kappa shape index (κ1) is 13.6. The molecule has 3 N–H and O–H groups in total. The summed E-state index contributed by atoms with van der Waals surface area (Å²) in [5.74, 6) is 0.830. The fraction of sp³-hybridized carbons (Fsp3) is 0.294. The molecule has 0 aliphatic rings. The third kappa shape index (κ3) is 3.58. The van der Waals surface area contributed by atoms with Crippen LogP contribution in [0.5, 0.6) is 5.75 Å². The van der Waals surface area contributed by atoms with Crippen molar-refractivity contribution in [2.75, 3.05) is 0 Å². The van der Waals surface area contributed by atoms with Crippen LogP contribution in [0, 0.1) is 0 Å². The Morgan fingerprint density at radius 1 is 1.00 bits per heavy atom. The summed E-state index contributed by atoms with van der Waals surface area (Å²) in [6.45, 7) is 4.36. The van der Waals surface area contributed by atoms with Crippen LogP contribution in [-0.4, -0.2) is 5.11 Å². The Labute approximate surface area is 114 Å². The Balaban J connectivity index is 2.09. The maximum absolute atomic E-state index is 9.45. The van der Waals surface area contributed by atoms with Gasteiger partial charge in [0.05, 0.1) is 0 Å². The van der Waals surface area contributed by atoms with Crippen LogP contribution in [0.4, 0.5) is 0 Å². The van der Waals surface area contributed by atoms with Gasteiger partial charge < -0.3 is 10.8 Å². The van der Waals surface area contributed by atoms with Gasteiger partial charge in [-0.15, -0.1) is 0 Å². The van der Waals surface area contributed by atoms with Crippen molar-refractivity contribution in [1.82, 2.24) is 0 Å². The number of phenolic OH excluding ortho intramolecular Hbond substituents is 1. The fourth-order valence-electron chi connectivity index (χ4n) is 2.18. The van der Waals surface area contributed by atoms with Crippen molar-refractivity contribution in [2.24, 2.45) is 5.73 Å². The van der Waals surface area contributed by atoms with Gasteiger partial charge in [-0.25, -0.2) is 0 Å². The number of phenols is 1. The van der Waals surface area contributed by atoms with Gasteiger partial charge in [0.15, 0.2) is 0 Å². The molecule has 100 valence electrons. The lowest BCUT2D eigenvalue weighted by molar-refractivity contribution is 0.474. The van der Waals surface area contributed by atoms with Crippen LogP contribution >= 0.6 is 0 Å². The Hall–Kier alpha value is -1.80. The number of hydrogen-bond acceptors (Lipinski definition) is 2. The molecule has 0 aliphatic heterocycles. The molecule has 0 radical (unpaired) electrons. The summed E-state index contributed by atoms with van der Waals surface area (Å²) >= 11 is 0. The number of aromatic hydroxyl groups is 1. The van der Waals surface area contributed by atoms with Gasteiger partial charge in [-0.2, -0.15) is 0 Å². The summed E-state index contributed by atoms with van der Waals surface area (Å²) in [6, 6.07) is 15.7. The lowest BCUT2D eigenvalue weighted by Gasteiger charge is -2.14. The third-order valence-electron chi connectivity index (χ3n) is 3.40. The zero-order valence-electron chi connectivity index (χ0n) is 11.5. The Bertz CT molecular complexity index is 531. The van der Waals surface area contributed by atoms with E-state index >= 15 is 0 Å². The van der Waals surface area contributed by atoms with Crippen LogP contribution in [0.3, 0.4) is 0 Å². The monoisotopic (exact) mass is 255 g/mol. The highest BCUT2D eigenvalue weighted by Crippen LogP contribution is 2.21. The lowest BCUT2D eigenvalue weighted by Crippen LogP contribution is -2.13. The molecule has 0 amide bonds. The molecule has 0 aliphatic carbocycles. The van der Waals surface area contributed by atoms with E-state index in [2.05, 4.69) is 38.1 Å². The van der Waals surface area contributed by atoms with Gasteiger partial charge in [0, 0.05) is 6.04 Å². The highest BCUT2D eigenvalue weighted by molar-refractivity contribution is 5.31. The minimum atomic E-state index is -0.0389. The highest BCUT2D eigenvalue weighted by atomic mass is 16.3. The molecule has 2 rings (SSSR count). The van der Waals surface area contributed by atoms with E-state index in [4.69, 9.17) is 5.73 Å². The minimum absolute atomic E-state index is 0.0389. The average Bonchev–Trinajstić information content (AvgIpc) is 2.39. The molecule has 0 saturated carbocycles. The second-order valence-corrected chi connectivity index (χ2v) is 5.30. The molecule has 0 saturated heterocycles. The van der Waals surface area contributed by atoms with Gasteiger partial charge in [-0.05, 0) is 41.2 Å². The predicted molar refractivity (Wildman–Crippen MR) is 79.3 cm³/mol. The van der Waals surface area contributed by atoms with Gasteiger partial charge in [-0.1, -0.05) is 50.2 Å². The predicted octanol–water partition coefficient (Wildman–Crippen LogP) is 3.76. The lowest BCUT2D eigenvalue weighted by atomic mass is 9.96. The molecular weight excluding hydrogens is 234 g/mol. The van der Waals surface area contributed by atoms with Crippen LogP contribution in [-0.2, 0) is 6.42 Å². The molecule has 0 spiro atoms. The number of rotatable bonds is 4. The number of benzene rings is 2. The number of hydrogen-bond donors (Lipinski definition) is 2. The van der Waals surface area contributed by atoms with Crippen molar-refractivity contribution in [3.05, 3.63) is 65.2 Å². The molecule has 1 unspecified atom stereocenters. The molecule has 19 heavy (non-hydrogen) atoms. The first-order valence-electron chi connectivity index (χ1n) is 6.69. The molecule has 2 aromatic rings. The van der Waals surface area contributed by atoms with Gasteiger partial charge >= 0.3 is 0 Å². The maximum Gasteiger partial charge on any atom is 0.115 e. The zero-order valence-corrected chi connectivity index (χ0v) is 11.5. The molecule has 0 aromatic heterocycles. The largest absolute Gasteiger partial charge is 0.508 e. The van der Waals surface area contributed by atoms with E-state index in [9.17, 15) is 5.11 Å². The topological polar surface area (TPSA) is 46.2 Å². The van der Waals surface area contributed by atoms with Crippen molar-refractivity contribution >= 4 is 0 Å². The van der Waals surface area contributed by atoms with Crippen molar-refractivity contribution in [3.63, 3.8) is 0 Å². The van der Waals surface area contributed by atoms with Crippen LogP contribution in [0.1, 0.15) is 42.5 Å². The molecule has 0 bridgehead atoms. The van der Waals surface area contributed by atoms with E-state index in [1.54, 1.807) is 12.1 Å². The quantitative estimate of drug-likeness (QED) is 0.873. The van der Waals surface area contributed by atoms with Crippen LogP contribution in [0.25, 0.3) is 0 Å². The van der Waals surface area contributed by atoms with E-state index in [-0.39, 0.29) is 6.04 Å². The van der Waals surface area contributed by atoms with E-state index in [1.807, 2.05) is 12.1 Å². The average molecular weight is 255 g/mol. The second kappa shape index (κ2) is 5.89. The van der Waals surface area contributed by atoms with Crippen molar-refractivity contribution < 1.29 is 5.11 Å². The third-order valence-corrected chi connectivity index (χ3v) is 3.40. The van der Waals surface area contributed by atoms with Crippen molar-refractivity contribution in [2.45, 2.75) is 32.2 Å². The fourth-order valence-corrected chi connectivity index (χ4v) is 2.18. The van der Waals surface area contributed by atoms with Crippen LogP contribution in [0.15, 0.2) is 48.5 Å². The first-order chi connectivity index (χ1) is 9.06. The summed E-state index contributed by atoms with van der Waals surface area (Å²) < 4.78 is 0. The van der Waals surface area contributed by atoms with E-state index in [1.165, 1.54) is 5.56 Å². The minimum Gasteiger partial charge on any atom is -0.508 e. The van der Waals surface area contributed by atoms with Gasteiger partial charge in [-0.3, -0.25) is 0 Å². The summed E-state index contributed by atoms with van der Waals surface area (Å²) in [5.41, 5.74) is 9.74. The van der Waals surface area contributed by atoms with Gasteiger partial charge in [0.1, 0.15) is 5.75 Å². The van der Waals surface area contributed by atoms with E-state index < -0.39 is 0 Å². The summed E-state index contributed by atoms with van der Waals surface area (Å²) in [6.07, 6.45) is 0.732. The molecule has 1 atom stereocenters. The van der Waals surface area contributed by atoms with Gasteiger partial charge in [0.25, 0.3) is 0 Å². The maximum atomic E-state index is 9.45. The summed E-state index contributed by atoms with van der Waals surface area (Å²) in [7, 11) is 0. The molecule has 2 heteroatoms. The highest BCUT2D eigenvalue weighted by Gasteiger charge is 2.08. The van der Waals surface area contributed by atoms with Gasteiger partial charge in [0.2, 0.25) is 0 Å². The molecule has 0 heterocycles. The van der Waals surface area contributed by atoms with Crippen molar-refractivity contribution in [3.8, 4) is 5.75 Å². The second-order valence-electron chi connectivity index (χ2n) is 5.30. The standard InChI is InChI=1S/C17H21NO/c1-12(2)14-6-8-15(9-7-14)17(18)11-13-4-3-5-16(19)10-13/h3-10,12,17,19H,11,18H2,1-2H3. The Morgan fingerprint density at radius 2 is 1.63 bits per heavy atom. The van der Waals surface area contributed by atoms with E-state index in [0.29, 0.717) is 11.7 Å². The van der Waals surface area contributed by atoms with E-state index in [0.717, 1.165) is 17.5 Å². The molecular formula is C17H21NO. The molecule has 2 aromatic carbocycles. The Kier molecular flexibility index (Phi) is 4.23. The summed E-state index contributed by atoms with van der Waals surface area (Å²) in [4.78, 5) is 0. The first-order valence-corrected chi connectivity index (χ1v) is 6.69. The number of nitrogens with two attached hydrogens (primary N) is 1. The zero-order chi connectivity index (χ0) is 13.8. The summed E-state index contributed by atoms with van der Waals surface area (Å²) in [5, 5.41) is 9.45. The van der Waals surface area contributed by atoms with Crippen molar-refractivity contribution in [1.29, 1.82) is 0 Å². The molecule has 0 fully saturated rings. The molecule has 2 nitrogen and oxygen atoms in total. The van der Waals surface area contributed by atoms with Crippen LogP contribution in [0.2, 0.25) is 0 Å². The van der Waals surface area contributed by atoms with Crippen LogP contribution < -0.4 is 5.73 Å². The Morgan fingerprint density at radius 3 is 2.21 bits per heavy atom. The smallest absolute Gasteiger partial charge is 0.115 e. The SMILES string of the molecule is CC(C)c1ccc(C(N)Cc2cccc(O)c2)cc1. The normalized spacial score (nSPS) is 12.6.